The van der Waals surface area contributed by atoms with Crippen molar-refractivity contribution in [2.45, 2.75) is 19.9 Å². The highest BCUT2D eigenvalue weighted by atomic mass is 16.5. The van der Waals surface area contributed by atoms with Crippen molar-refractivity contribution in [3.8, 4) is 11.5 Å². The number of benzene rings is 2. The van der Waals surface area contributed by atoms with Gasteiger partial charge >= 0.3 is 6.03 Å². The third-order valence-electron chi connectivity index (χ3n) is 4.70. The number of nitrogens with zero attached hydrogens (tertiary/aromatic N) is 2. The maximum Gasteiger partial charge on any atom is 0.332 e. The van der Waals surface area contributed by atoms with Crippen molar-refractivity contribution in [1.29, 1.82) is 0 Å². The highest BCUT2D eigenvalue weighted by Gasteiger charge is 2.44. The van der Waals surface area contributed by atoms with E-state index in [0.717, 1.165) is 10.5 Å². The van der Waals surface area contributed by atoms with E-state index in [9.17, 15) is 14.4 Å². The van der Waals surface area contributed by atoms with Gasteiger partial charge in [-0.05, 0) is 26.0 Å². The number of ether oxygens (including phenoxy) is 2. The van der Waals surface area contributed by atoms with Gasteiger partial charge in [-0.1, -0.05) is 17.7 Å². The zero-order valence-electron chi connectivity index (χ0n) is 16.8. The number of imide groups is 1. The summed E-state index contributed by atoms with van der Waals surface area (Å²) in [4.78, 5) is 40.3. The fourth-order valence-electron chi connectivity index (χ4n) is 3.13. The molecule has 3 rings (SSSR count). The molecule has 0 spiro atoms. The molecule has 8 heteroatoms. The highest BCUT2D eigenvalue weighted by Crippen LogP contribution is 2.27. The Morgan fingerprint density at radius 3 is 2.17 bits per heavy atom. The molecule has 0 aliphatic carbocycles. The molecule has 1 heterocycles. The standard InChI is InChI=1S/C21H23N3O5/c1-13-5-7-16(8-6-13)24-14(2)20(26)23(21(24)27)12-19(25)22-15-9-17(28-3)11-18(10-15)29-4/h5-11,14H,12H2,1-4H3,(H,22,25)/t14-/m1/s1. The van der Waals surface area contributed by atoms with Crippen molar-refractivity contribution < 1.29 is 23.9 Å². The summed E-state index contributed by atoms with van der Waals surface area (Å²) in [7, 11) is 3.01. The number of rotatable bonds is 6. The number of carbonyl (C=O) groups excluding carboxylic acids is 3. The monoisotopic (exact) mass is 397 g/mol. The normalized spacial score (nSPS) is 16.2. The quantitative estimate of drug-likeness (QED) is 0.758. The van der Waals surface area contributed by atoms with E-state index in [4.69, 9.17) is 9.47 Å². The predicted molar refractivity (Wildman–Crippen MR) is 108 cm³/mol. The molecule has 0 saturated carbocycles. The second-order valence-electron chi connectivity index (χ2n) is 6.74. The van der Waals surface area contributed by atoms with E-state index in [2.05, 4.69) is 5.32 Å². The number of nitrogens with one attached hydrogen (secondary N) is 1. The lowest BCUT2D eigenvalue weighted by Gasteiger charge is -2.19. The van der Waals surface area contributed by atoms with E-state index in [1.54, 1.807) is 37.3 Å². The molecule has 8 nitrogen and oxygen atoms in total. The number of hydrogen-bond acceptors (Lipinski definition) is 5. The molecule has 1 fully saturated rings. The fourth-order valence-corrected chi connectivity index (χ4v) is 3.13. The first-order valence-corrected chi connectivity index (χ1v) is 9.08. The number of aryl methyl sites for hydroxylation is 1. The molecule has 1 aliphatic heterocycles. The molecule has 1 saturated heterocycles. The summed E-state index contributed by atoms with van der Waals surface area (Å²) < 4.78 is 10.4. The van der Waals surface area contributed by atoms with E-state index in [1.165, 1.54) is 19.1 Å². The summed E-state index contributed by atoms with van der Waals surface area (Å²) in [5, 5.41) is 2.67. The Labute approximate surface area is 169 Å². The summed E-state index contributed by atoms with van der Waals surface area (Å²) in [5.74, 6) is 0.0909. The van der Waals surface area contributed by atoms with E-state index >= 15 is 0 Å². The predicted octanol–water partition coefficient (Wildman–Crippen LogP) is 2.81. The maximum atomic E-state index is 12.8. The molecule has 1 aliphatic rings. The summed E-state index contributed by atoms with van der Waals surface area (Å²) in [5.41, 5.74) is 2.10. The molecule has 152 valence electrons. The van der Waals surface area contributed by atoms with Gasteiger partial charge in [-0.25, -0.2) is 4.79 Å². The summed E-state index contributed by atoms with van der Waals surface area (Å²) >= 11 is 0. The number of anilines is 2. The third-order valence-corrected chi connectivity index (χ3v) is 4.70. The van der Waals surface area contributed by atoms with Crippen LogP contribution >= 0.6 is 0 Å². The Kier molecular flexibility index (Phi) is 5.72. The van der Waals surface area contributed by atoms with Gasteiger partial charge < -0.3 is 14.8 Å². The van der Waals surface area contributed by atoms with Crippen LogP contribution in [0.4, 0.5) is 16.2 Å². The van der Waals surface area contributed by atoms with Crippen LogP contribution in [0, 0.1) is 6.92 Å². The largest absolute Gasteiger partial charge is 0.497 e. The first-order chi connectivity index (χ1) is 13.8. The van der Waals surface area contributed by atoms with Crippen molar-refractivity contribution in [2.75, 3.05) is 31.0 Å². The minimum Gasteiger partial charge on any atom is -0.497 e. The Bertz CT molecular complexity index is 920. The molecule has 0 unspecified atom stereocenters. The molecule has 2 aromatic carbocycles. The number of amides is 4. The molecule has 0 bridgehead atoms. The lowest BCUT2D eigenvalue weighted by molar-refractivity contribution is -0.130. The second kappa shape index (κ2) is 8.22. The topological polar surface area (TPSA) is 88.2 Å². The van der Waals surface area contributed by atoms with Gasteiger partial charge in [0.05, 0.1) is 14.2 Å². The molecular formula is C21H23N3O5. The van der Waals surface area contributed by atoms with Gasteiger partial charge in [0, 0.05) is 29.6 Å². The Morgan fingerprint density at radius 1 is 1.03 bits per heavy atom. The lowest BCUT2D eigenvalue weighted by Crippen LogP contribution is -2.39. The molecule has 4 amide bonds. The van der Waals surface area contributed by atoms with Gasteiger partial charge in [0.15, 0.2) is 0 Å². The van der Waals surface area contributed by atoms with Crippen molar-refractivity contribution in [2.24, 2.45) is 0 Å². The average molecular weight is 397 g/mol. The molecule has 2 aromatic rings. The number of methoxy groups -OCH3 is 2. The van der Waals surface area contributed by atoms with E-state index in [1.807, 2.05) is 19.1 Å². The average Bonchev–Trinajstić information content (AvgIpc) is 2.91. The lowest BCUT2D eigenvalue weighted by atomic mass is 10.2. The van der Waals surface area contributed by atoms with Crippen LogP contribution in [0.2, 0.25) is 0 Å². The van der Waals surface area contributed by atoms with Crippen molar-refractivity contribution >= 4 is 29.2 Å². The van der Waals surface area contributed by atoms with Crippen molar-refractivity contribution in [3.05, 3.63) is 48.0 Å². The van der Waals surface area contributed by atoms with Gasteiger partial charge in [0.1, 0.15) is 24.1 Å². The molecule has 1 N–H and O–H groups in total. The van der Waals surface area contributed by atoms with Crippen molar-refractivity contribution in [1.82, 2.24) is 4.90 Å². The van der Waals surface area contributed by atoms with Gasteiger partial charge in [0.2, 0.25) is 5.91 Å². The van der Waals surface area contributed by atoms with Crippen LogP contribution in [-0.4, -0.2) is 49.6 Å². The van der Waals surface area contributed by atoms with Crippen LogP contribution < -0.4 is 19.7 Å². The highest BCUT2D eigenvalue weighted by molar-refractivity contribution is 6.16. The van der Waals surface area contributed by atoms with Gasteiger partial charge in [0.25, 0.3) is 5.91 Å². The first-order valence-electron chi connectivity index (χ1n) is 9.08. The Balaban J connectivity index is 1.74. The third kappa shape index (κ3) is 4.16. The summed E-state index contributed by atoms with van der Waals surface area (Å²) in [6.07, 6.45) is 0. The van der Waals surface area contributed by atoms with Gasteiger partial charge in [-0.15, -0.1) is 0 Å². The zero-order valence-corrected chi connectivity index (χ0v) is 16.8. The number of urea groups is 1. The second-order valence-corrected chi connectivity index (χ2v) is 6.74. The zero-order chi connectivity index (χ0) is 21.1. The summed E-state index contributed by atoms with van der Waals surface area (Å²) in [6.45, 7) is 3.20. The van der Waals surface area contributed by atoms with Crippen LogP contribution in [-0.2, 0) is 9.59 Å². The van der Waals surface area contributed by atoms with E-state index in [0.29, 0.717) is 22.9 Å². The van der Waals surface area contributed by atoms with Crippen LogP contribution in [0.15, 0.2) is 42.5 Å². The molecular weight excluding hydrogens is 374 g/mol. The first kappa shape index (κ1) is 20.2. The SMILES string of the molecule is COc1cc(NC(=O)CN2C(=O)[C@@H](C)N(c3ccc(C)cc3)C2=O)cc(OC)c1. The van der Waals surface area contributed by atoms with Gasteiger partial charge in [-0.2, -0.15) is 0 Å². The molecule has 0 radical (unpaired) electrons. The van der Waals surface area contributed by atoms with Crippen molar-refractivity contribution in [3.63, 3.8) is 0 Å². The Morgan fingerprint density at radius 2 is 1.62 bits per heavy atom. The van der Waals surface area contributed by atoms with Crippen LogP contribution in [0.25, 0.3) is 0 Å². The number of hydrogen-bond donors (Lipinski definition) is 1. The number of carbonyl (C=O) groups is 3. The molecule has 1 atom stereocenters. The van der Waals surface area contributed by atoms with Crippen LogP contribution in [0.1, 0.15) is 12.5 Å². The smallest absolute Gasteiger partial charge is 0.332 e. The Hall–Kier alpha value is -3.55. The minimum atomic E-state index is -0.685. The molecule has 29 heavy (non-hydrogen) atoms. The summed E-state index contributed by atoms with van der Waals surface area (Å²) in [6, 6.07) is 11.0. The maximum absolute atomic E-state index is 12.8. The molecule has 0 aromatic heterocycles. The van der Waals surface area contributed by atoms with E-state index < -0.39 is 23.9 Å². The fraction of sp³-hybridized carbons (Fsp3) is 0.286. The van der Waals surface area contributed by atoms with E-state index in [-0.39, 0.29) is 6.54 Å². The van der Waals surface area contributed by atoms with Gasteiger partial charge in [-0.3, -0.25) is 19.4 Å². The van der Waals surface area contributed by atoms with Crippen LogP contribution in [0.3, 0.4) is 0 Å². The van der Waals surface area contributed by atoms with Crippen LogP contribution in [0.5, 0.6) is 11.5 Å². The minimum absolute atomic E-state index is 0.385.